The number of amides is 1. The Balaban J connectivity index is 0.000000297. The predicted octanol–water partition coefficient (Wildman–Crippen LogP) is 7.92. The van der Waals surface area contributed by atoms with Crippen LogP contribution in [0.4, 0.5) is 26.3 Å². The summed E-state index contributed by atoms with van der Waals surface area (Å²) in [5.41, 5.74) is 8.73. The number of nitrogens with one attached hydrogen (secondary N) is 1. The first kappa shape index (κ1) is 45.5. The number of Topliss-reactive ketones (excluding diaryl/α,β-unsaturated/α-hetero) is 1. The van der Waals surface area contributed by atoms with Crippen LogP contribution >= 0.6 is 0 Å². The van der Waals surface area contributed by atoms with E-state index in [9.17, 15) is 45.8 Å². The predicted molar refractivity (Wildman–Crippen MR) is 201 cm³/mol. The highest BCUT2D eigenvalue weighted by molar-refractivity contribution is 6.20. The average molecular weight is 799 g/mol. The van der Waals surface area contributed by atoms with Crippen LogP contribution < -0.4 is 21.9 Å². The molecule has 4 saturated carbocycles. The lowest BCUT2D eigenvalue weighted by Crippen LogP contribution is -2.62. The topological polar surface area (TPSA) is 142 Å². The molecule has 1 amide bonds. The van der Waals surface area contributed by atoms with Crippen LogP contribution in [-0.4, -0.2) is 48.1 Å². The molecule has 0 saturated heterocycles. The maximum absolute atomic E-state index is 13.4. The maximum atomic E-state index is 13.4. The molecular weight excluding hydrogens is 736 g/mol. The van der Waals surface area contributed by atoms with Crippen molar-refractivity contribution in [3.05, 3.63) is 46.5 Å². The fourth-order valence-electron chi connectivity index (χ4n) is 8.81. The van der Waals surface area contributed by atoms with Gasteiger partial charge in [-0.1, -0.05) is 32.0 Å². The number of aromatic carboxylic acids is 1. The molecule has 7 nitrogen and oxygen atoms in total. The fourth-order valence-corrected chi connectivity index (χ4v) is 8.81. The molecule has 7 N–H and O–H groups in total. The summed E-state index contributed by atoms with van der Waals surface area (Å²) < 4.78 is 75.2. The number of alkyl halides is 6. The summed E-state index contributed by atoms with van der Waals surface area (Å²) in [6.45, 7) is 6.28. The second-order valence-electron chi connectivity index (χ2n) is 17.3. The van der Waals surface area contributed by atoms with Gasteiger partial charge in [-0.2, -0.15) is 26.3 Å². The van der Waals surface area contributed by atoms with Gasteiger partial charge in [0.2, 0.25) is 0 Å². The third kappa shape index (κ3) is 12.9. The normalized spacial score (nSPS) is 28.6. The average Bonchev–Trinajstić information content (AvgIpc) is 3.13. The summed E-state index contributed by atoms with van der Waals surface area (Å²) >= 11 is 0. The second kappa shape index (κ2) is 20.0. The van der Waals surface area contributed by atoms with Gasteiger partial charge in [0, 0.05) is 34.5 Å². The Labute approximate surface area is 327 Å². The van der Waals surface area contributed by atoms with E-state index in [1.807, 2.05) is 0 Å². The first-order valence-electron chi connectivity index (χ1n) is 20.7. The van der Waals surface area contributed by atoms with Crippen LogP contribution in [0.1, 0.15) is 160 Å². The van der Waals surface area contributed by atoms with Crippen LogP contribution in [0.3, 0.4) is 0 Å². The van der Waals surface area contributed by atoms with Crippen LogP contribution in [0, 0.1) is 36.5 Å². The van der Waals surface area contributed by atoms with Crippen LogP contribution in [0.15, 0.2) is 24.3 Å². The zero-order chi connectivity index (χ0) is 41.4. The van der Waals surface area contributed by atoms with Gasteiger partial charge in [0.1, 0.15) is 0 Å². The number of fused-ring (bicyclic) bond motifs is 1. The number of rotatable bonds is 6. The van der Waals surface area contributed by atoms with E-state index in [1.54, 1.807) is 19.1 Å². The first-order chi connectivity index (χ1) is 26.2. The molecule has 2 aromatic carbocycles. The SMILES string of the molecule is CC1CCC([NH3+])CC1.Cc1ccc(C(=O)CC2CCC(C(F)(F)F)CC2)c2c(C(=O)[O-])ccc(C(=O)NC3CCC(C)CC3)c12.[NH3+]C1CCC(C(F)(F)F)CC1. The third-order valence-corrected chi connectivity index (χ3v) is 12.7. The second-order valence-corrected chi connectivity index (χ2v) is 17.3. The Morgan fingerprint density at radius 2 is 1.05 bits per heavy atom. The monoisotopic (exact) mass is 798 g/mol. The van der Waals surface area contributed by atoms with E-state index in [0.29, 0.717) is 48.1 Å². The molecule has 0 spiro atoms. The summed E-state index contributed by atoms with van der Waals surface area (Å²) in [5, 5.41) is 15.7. The fraction of sp³-hybridized carbons (Fsp3) is 0.698. The van der Waals surface area contributed by atoms with Gasteiger partial charge in [-0.25, -0.2) is 0 Å². The Morgan fingerprint density at radius 3 is 1.52 bits per heavy atom. The van der Waals surface area contributed by atoms with Crippen LogP contribution in [0.2, 0.25) is 0 Å². The number of quaternary nitrogens is 2. The summed E-state index contributed by atoms with van der Waals surface area (Å²) in [5.74, 6) is -3.09. The minimum atomic E-state index is -4.22. The molecule has 2 aromatic rings. The van der Waals surface area contributed by atoms with Crippen molar-refractivity contribution in [1.82, 2.24) is 5.32 Å². The number of carbonyl (C=O) groups is 3. The molecule has 56 heavy (non-hydrogen) atoms. The molecule has 314 valence electrons. The lowest BCUT2D eigenvalue weighted by Gasteiger charge is -2.29. The minimum absolute atomic E-state index is 0.00927. The number of hydrogen-bond acceptors (Lipinski definition) is 4. The van der Waals surface area contributed by atoms with Crippen LogP contribution in [0.5, 0.6) is 0 Å². The molecule has 4 aliphatic carbocycles. The lowest BCUT2D eigenvalue weighted by molar-refractivity contribution is -0.428. The smallest absolute Gasteiger partial charge is 0.391 e. The number of hydrogen-bond donors (Lipinski definition) is 3. The standard InChI is InChI=1S/C29H34F3NO4.C7H12F3N.C7H15N/c1-16-3-10-20(11-4-16)33-27(35)22-13-14-23(28(36)37)26-21(12-5-17(2)25(22)26)24(34)15-18-6-8-19(9-7-18)29(30,31)32;8-7(9,10)5-1-3-6(11)4-2-5;1-6-2-4-7(8)5-3-6/h5,12-14,16,18-20H,3-4,6-11,15H2,1-2H3,(H,33,35)(H,36,37);5-6H,1-4,11H2;6-7H,2-5,8H2,1H3/p+1. The van der Waals surface area contributed by atoms with Crippen molar-refractivity contribution in [1.29, 1.82) is 0 Å². The lowest BCUT2D eigenvalue weighted by atomic mass is 9.78. The van der Waals surface area contributed by atoms with Gasteiger partial charge in [0.15, 0.2) is 5.78 Å². The van der Waals surface area contributed by atoms with E-state index in [-0.39, 0.29) is 78.3 Å². The number of aryl methyl sites for hydroxylation is 1. The molecule has 0 radical (unpaired) electrons. The number of carbonyl (C=O) groups excluding carboxylic acids is 3. The molecule has 6 rings (SSSR count). The highest BCUT2D eigenvalue weighted by atomic mass is 19.4. The van der Waals surface area contributed by atoms with Gasteiger partial charge in [0.05, 0.1) is 29.9 Å². The molecule has 0 aliphatic heterocycles. The van der Waals surface area contributed by atoms with E-state index in [1.165, 1.54) is 37.8 Å². The van der Waals surface area contributed by atoms with Gasteiger partial charge < -0.3 is 26.7 Å². The van der Waals surface area contributed by atoms with Gasteiger partial charge in [-0.15, -0.1) is 0 Å². The number of benzene rings is 2. The zero-order valence-corrected chi connectivity index (χ0v) is 33.3. The van der Waals surface area contributed by atoms with Crippen LogP contribution in [0.25, 0.3) is 10.8 Å². The van der Waals surface area contributed by atoms with Crippen molar-refractivity contribution in [3.63, 3.8) is 0 Å². The highest BCUT2D eigenvalue weighted by Gasteiger charge is 2.42. The van der Waals surface area contributed by atoms with Crippen molar-refractivity contribution in [2.45, 2.75) is 160 Å². The van der Waals surface area contributed by atoms with Crippen molar-refractivity contribution >= 4 is 28.4 Å². The summed E-state index contributed by atoms with van der Waals surface area (Å²) in [4.78, 5) is 38.7. The quantitative estimate of drug-likeness (QED) is 0.202. The molecule has 0 unspecified atom stereocenters. The van der Waals surface area contributed by atoms with Crippen molar-refractivity contribution in [2.75, 3.05) is 0 Å². The molecule has 0 atom stereocenters. The maximum Gasteiger partial charge on any atom is 0.391 e. The molecule has 0 aromatic heterocycles. The third-order valence-electron chi connectivity index (χ3n) is 12.7. The molecular formula is C43H62F6N3O4+. The number of halogens is 6. The summed E-state index contributed by atoms with van der Waals surface area (Å²) in [6, 6.07) is 7.07. The van der Waals surface area contributed by atoms with Crippen molar-refractivity contribution in [2.24, 2.45) is 29.6 Å². The first-order valence-corrected chi connectivity index (χ1v) is 20.7. The van der Waals surface area contributed by atoms with Crippen molar-refractivity contribution in [3.8, 4) is 0 Å². The van der Waals surface area contributed by atoms with Gasteiger partial charge in [-0.3, -0.25) is 9.59 Å². The molecule has 0 bridgehead atoms. The number of ketones is 1. The Bertz CT molecular complexity index is 1600. The molecule has 13 heteroatoms. The van der Waals surface area contributed by atoms with Crippen molar-refractivity contribution < 1.29 is 57.3 Å². The summed E-state index contributed by atoms with van der Waals surface area (Å²) in [6.07, 6.45) is 3.56. The van der Waals surface area contributed by atoms with Gasteiger partial charge >= 0.3 is 12.4 Å². The largest absolute Gasteiger partial charge is 0.545 e. The van der Waals surface area contributed by atoms with E-state index >= 15 is 0 Å². The molecule has 0 heterocycles. The Hall–Kier alpha value is -3.19. The molecule has 4 aliphatic rings. The van der Waals surface area contributed by atoms with E-state index in [2.05, 4.69) is 30.6 Å². The summed E-state index contributed by atoms with van der Waals surface area (Å²) in [7, 11) is 0. The Morgan fingerprint density at radius 1 is 0.625 bits per heavy atom. The number of carboxylic acids is 1. The van der Waals surface area contributed by atoms with E-state index < -0.39 is 30.2 Å². The highest BCUT2D eigenvalue weighted by Crippen LogP contribution is 2.41. The zero-order valence-electron chi connectivity index (χ0n) is 33.3. The van der Waals surface area contributed by atoms with Gasteiger partial charge in [0.25, 0.3) is 5.91 Å². The minimum Gasteiger partial charge on any atom is -0.545 e. The Kier molecular flexibility index (Phi) is 16.2. The van der Waals surface area contributed by atoms with Crippen LogP contribution in [-0.2, 0) is 0 Å². The van der Waals surface area contributed by atoms with E-state index in [4.69, 9.17) is 0 Å². The number of carboxylic acid groups (broad SMARTS) is 1. The van der Waals surface area contributed by atoms with Gasteiger partial charge in [-0.05, 0) is 144 Å². The van der Waals surface area contributed by atoms with E-state index in [0.717, 1.165) is 37.6 Å². The molecule has 4 fully saturated rings.